The van der Waals surface area contributed by atoms with E-state index in [0.717, 1.165) is 11.4 Å². The molecule has 0 N–H and O–H groups in total. The largest absolute Gasteiger partial charge is 0.490 e. The van der Waals surface area contributed by atoms with Crippen molar-refractivity contribution >= 4 is 0 Å². The van der Waals surface area contributed by atoms with Crippen molar-refractivity contribution in [2.45, 2.75) is 20.8 Å². The zero-order valence-corrected chi connectivity index (χ0v) is 10.8. The Morgan fingerprint density at radius 1 is 0.941 bits per heavy atom. The summed E-state index contributed by atoms with van der Waals surface area (Å²) >= 11 is 0. The molecule has 0 fully saturated rings. The van der Waals surface area contributed by atoms with E-state index in [2.05, 4.69) is 43.5 Å². The number of ether oxygens (including phenoxy) is 1. The standard InChI is InChI=1S/C15H18NO/c1-11-9-12(2)16(13(3)10-11)14-7-5-6-8-15(14)17-4/h5-10H,1-4H3/q+1. The maximum absolute atomic E-state index is 5.42. The van der Waals surface area contributed by atoms with E-state index < -0.39 is 0 Å². The second-order valence-electron chi connectivity index (χ2n) is 4.32. The van der Waals surface area contributed by atoms with Crippen LogP contribution in [0, 0.1) is 20.8 Å². The van der Waals surface area contributed by atoms with Crippen LogP contribution >= 0.6 is 0 Å². The van der Waals surface area contributed by atoms with E-state index in [1.807, 2.05) is 18.2 Å². The summed E-state index contributed by atoms with van der Waals surface area (Å²) < 4.78 is 7.63. The summed E-state index contributed by atoms with van der Waals surface area (Å²) in [5, 5.41) is 0. The third kappa shape index (κ3) is 2.16. The molecule has 0 aliphatic carbocycles. The maximum atomic E-state index is 5.42. The van der Waals surface area contributed by atoms with E-state index in [1.54, 1.807) is 7.11 Å². The number of methoxy groups -OCH3 is 1. The molecule has 0 amide bonds. The van der Waals surface area contributed by atoms with Crippen molar-refractivity contribution in [3.05, 3.63) is 53.3 Å². The number of rotatable bonds is 2. The minimum Gasteiger partial charge on any atom is -0.490 e. The molecule has 17 heavy (non-hydrogen) atoms. The van der Waals surface area contributed by atoms with Crippen LogP contribution in [0.2, 0.25) is 0 Å². The Bertz CT molecular complexity index is 523. The molecule has 88 valence electrons. The highest BCUT2D eigenvalue weighted by molar-refractivity contribution is 5.40. The molecule has 0 atom stereocenters. The lowest BCUT2D eigenvalue weighted by atomic mass is 10.2. The number of nitrogens with zero attached hydrogens (tertiary/aromatic N) is 1. The summed E-state index contributed by atoms with van der Waals surface area (Å²) in [5.74, 6) is 0.896. The van der Waals surface area contributed by atoms with Crippen LogP contribution in [0.4, 0.5) is 0 Å². The van der Waals surface area contributed by atoms with Crippen LogP contribution < -0.4 is 9.30 Å². The zero-order valence-electron chi connectivity index (χ0n) is 10.8. The number of hydrogen-bond donors (Lipinski definition) is 0. The fourth-order valence-electron chi connectivity index (χ4n) is 2.30. The quantitative estimate of drug-likeness (QED) is 0.720. The van der Waals surface area contributed by atoms with E-state index in [9.17, 15) is 0 Å². The first-order chi connectivity index (χ1) is 8.13. The zero-order chi connectivity index (χ0) is 12.4. The van der Waals surface area contributed by atoms with E-state index in [-0.39, 0.29) is 0 Å². The van der Waals surface area contributed by atoms with Gasteiger partial charge in [0.15, 0.2) is 17.1 Å². The molecular formula is C15H18NO+. The van der Waals surface area contributed by atoms with Gasteiger partial charge in [-0.15, -0.1) is 0 Å². The van der Waals surface area contributed by atoms with Gasteiger partial charge >= 0.3 is 0 Å². The van der Waals surface area contributed by atoms with Crippen LogP contribution in [0.1, 0.15) is 17.0 Å². The van der Waals surface area contributed by atoms with Crippen LogP contribution in [0.25, 0.3) is 5.69 Å². The lowest BCUT2D eigenvalue weighted by Crippen LogP contribution is -2.38. The molecule has 2 heteroatoms. The fourth-order valence-corrected chi connectivity index (χ4v) is 2.30. The average molecular weight is 228 g/mol. The minimum absolute atomic E-state index is 0.896. The van der Waals surface area contributed by atoms with Gasteiger partial charge in [-0.1, -0.05) is 12.1 Å². The second-order valence-corrected chi connectivity index (χ2v) is 4.32. The van der Waals surface area contributed by atoms with E-state index in [1.165, 1.54) is 17.0 Å². The molecular weight excluding hydrogens is 210 g/mol. The summed E-state index contributed by atoms with van der Waals surface area (Å²) in [5.41, 5.74) is 4.80. The molecule has 0 saturated heterocycles. The molecule has 0 saturated carbocycles. The Labute approximate surface area is 102 Å². The Kier molecular flexibility index (Phi) is 3.14. The molecule has 2 nitrogen and oxygen atoms in total. The van der Waals surface area contributed by atoms with E-state index >= 15 is 0 Å². The van der Waals surface area contributed by atoms with Gasteiger partial charge in [0.05, 0.1) is 7.11 Å². The van der Waals surface area contributed by atoms with Gasteiger partial charge in [0.2, 0.25) is 0 Å². The molecule has 0 unspecified atom stereocenters. The first-order valence-electron chi connectivity index (χ1n) is 5.77. The smallest absolute Gasteiger partial charge is 0.253 e. The summed E-state index contributed by atoms with van der Waals surface area (Å²) in [6.07, 6.45) is 0. The molecule has 0 bridgehead atoms. The van der Waals surface area contributed by atoms with Crippen molar-refractivity contribution in [1.29, 1.82) is 0 Å². The molecule has 0 radical (unpaired) electrons. The number of pyridine rings is 1. The van der Waals surface area contributed by atoms with Crippen molar-refractivity contribution in [2.75, 3.05) is 7.11 Å². The molecule has 2 rings (SSSR count). The highest BCUT2D eigenvalue weighted by atomic mass is 16.5. The topological polar surface area (TPSA) is 13.1 Å². The predicted octanol–water partition coefficient (Wildman–Crippen LogP) is 2.90. The van der Waals surface area contributed by atoms with E-state index in [0.29, 0.717) is 0 Å². The van der Waals surface area contributed by atoms with Gasteiger partial charge in [0, 0.05) is 32.0 Å². The number of hydrogen-bond acceptors (Lipinski definition) is 1. The maximum Gasteiger partial charge on any atom is 0.253 e. The summed E-state index contributed by atoms with van der Waals surface area (Å²) in [6.45, 7) is 6.35. The van der Waals surface area contributed by atoms with Crippen LogP contribution in [-0.4, -0.2) is 7.11 Å². The lowest BCUT2D eigenvalue weighted by Gasteiger charge is -2.08. The SMILES string of the molecule is COc1ccccc1-[n+]1c(C)cc(C)cc1C. The van der Waals surface area contributed by atoms with Crippen LogP contribution in [0.5, 0.6) is 5.75 Å². The summed E-state index contributed by atoms with van der Waals surface area (Å²) in [7, 11) is 1.71. The van der Waals surface area contributed by atoms with Gasteiger partial charge < -0.3 is 4.74 Å². The summed E-state index contributed by atoms with van der Waals surface area (Å²) in [4.78, 5) is 0. The Morgan fingerprint density at radius 2 is 1.53 bits per heavy atom. The molecule has 0 aliphatic rings. The number of aryl methyl sites for hydroxylation is 3. The van der Waals surface area contributed by atoms with Gasteiger partial charge in [0.25, 0.3) is 5.69 Å². The minimum atomic E-state index is 0.896. The molecule has 0 spiro atoms. The van der Waals surface area contributed by atoms with Crippen LogP contribution in [0.3, 0.4) is 0 Å². The highest BCUT2D eigenvalue weighted by Gasteiger charge is 2.18. The van der Waals surface area contributed by atoms with Gasteiger partial charge in [-0.3, -0.25) is 0 Å². The number of benzene rings is 1. The second kappa shape index (κ2) is 4.58. The Morgan fingerprint density at radius 3 is 2.12 bits per heavy atom. The van der Waals surface area contributed by atoms with Gasteiger partial charge in [-0.05, 0) is 18.6 Å². The molecule has 1 heterocycles. The van der Waals surface area contributed by atoms with Crippen molar-refractivity contribution in [2.24, 2.45) is 0 Å². The van der Waals surface area contributed by atoms with Crippen LogP contribution in [-0.2, 0) is 0 Å². The first kappa shape index (κ1) is 11.6. The van der Waals surface area contributed by atoms with Crippen molar-refractivity contribution in [3.8, 4) is 11.4 Å². The van der Waals surface area contributed by atoms with Crippen molar-refractivity contribution < 1.29 is 9.30 Å². The predicted molar refractivity (Wildman–Crippen MR) is 68.7 cm³/mol. The van der Waals surface area contributed by atoms with Crippen molar-refractivity contribution in [1.82, 2.24) is 0 Å². The summed E-state index contributed by atoms with van der Waals surface area (Å²) in [6, 6.07) is 12.4. The van der Waals surface area contributed by atoms with E-state index in [4.69, 9.17) is 4.74 Å². The molecule has 1 aromatic carbocycles. The van der Waals surface area contributed by atoms with Crippen LogP contribution in [0.15, 0.2) is 36.4 Å². The molecule has 0 aliphatic heterocycles. The first-order valence-corrected chi connectivity index (χ1v) is 5.77. The Balaban J connectivity index is 2.68. The monoisotopic (exact) mass is 228 g/mol. The Hall–Kier alpha value is -1.83. The third-order valence-electron chi connectivity index (χ3n) is 2.90. The van der Waals surface area contributed by atoms with Crippen molar-refractivity contribution in [3.63, 3.8) is 0 Å². The average Bonchev–Trinajstić information content (AvgIpc) is 2.28. The third-order valence-corrected chi connectivity index (χ3v) is 2.90. The van der Waals surface area contributed by atoms with Gasteiger partial charge in [-0.25, -0.2) is 0 Å². The molecule has 1 aromatic heterocycles. The molecule has 2 aromatic rings. The lowest BCUT2D eigenvalue weighted by molar-refractivity contribution is -0.610. The highest BCUT2D eigenvalue weighted by Crippen LogP contribution is 2.18. The normalized spacial score (nSPS) is 10.4. The van der Waals surface area contributed by atoms with Gasteiger partial charge in [0.1, 0.15) is 0 Å². The number of para-hydroxylation sites is 2. The number of aromatic nitrogens is 1. The fraction of sp³-hybridized carbons (Fsp3) is 0.267. The van der Waals surface area contributed by atoms with Gasteiger partial charge in [-0.2, -0.15) is 4.57 Å².